The molecule has 0 atom stereocenters. The Balaban J connectivity index is 1.66. The number of amides is 3. The van der Waals surface area contributed by atoms with Crippen molar-refractivity contribution >= 4 is 17.6 Å². The molecular weight excluding hydrogens is 309 g/mol. The average Bonchev–Trinajstić information content (AvgIpc) is 2.72. The van der Waals surface area contributed by atoms with Crippen LogP contribution in [0.25, 0.3) is 0 Å². The largest absolute Gasteiger partial charge is 0.371 e. The Bertz CT molecular complexity index is 687. The Morgan fingerprint density at radius 1 is 1.25 bits per heavy atom. The Morgan fingerprint density at radius 3 is 2.67 bits per heavy atom. The first kappa shape index (κ1) is 16.7. The molecule has 0 radical (unpaired) electrons. The van der Waals surface area contributed by atoms with E-state index in [4.69, 9.17) is 0 Å². The van der Waals surface area contributed by atoms with Crippen molar-refractivity contribution < 1.29 is 14.0 Å². The van der Waals surface area contributed by atoms with E-state index in [1.54, 1.807) is 13.8 Å². The summed E-state index contributed by atoms with van der Waals surface area (Å²) in [5.41, 5.74) is 2.02. The lowest BCUT2D eigenvalue weighted by molar-refractivity contribution is -0.130. The second-order valence-corrected chi connectivity index (χ2v) is 7.15. The molecule has 2 heterocycles. The molecule has 2 aliphatic rings. The first-order valence-electron chi connectivity index (χ1n) is 8.48. The summed E-state index contributed by atoms with van der Waals surface area (Å²) in [6.07, 6.45) is 2.36. The van der Waals surface area contributed by atoms with Gasteiger partial charge in [0.05, 0.1) is 0 Å². The van der Waals surface area contributed by atoms with Gasteiger partial charge >= 0.3 is 6.03 Å². The summed E-state index contributed by atoms with van der Waals surface area (Å²) in [6, 6.07) is 3.02. The molecule has 0 unspecified atom stereocenters. The van der Waals surface area contributed by atoms with Gasteiger partial charge in [-0.3, -0.25) is 9.69 Å². The minimum atomic E-state index is -0.825. The van der Waals surface area contributed by atoms with Crippen molar-refractivity contribution in [3.05, 3.63) is 29.1 Å². The van der Waals surface area contributed by atoms with E-state index in [1.807, 2.05) is 13.0 Å². The highest BCUT2D eigenvalue weighted by atomic mass is 19.1. The number of halogens is 1. The molecule has 130 valence electrons. The quantitative estimate of drug-likeness (QED) is 0.862. The number of carbonyl (C=O) groups is 2. The van der Waals surface area contributed by atoms with Gasteiger partial charge in [0.1, 0.15) is 11.4 Å². The molecule has 1 saturated heterocycles. The molecule has 0 bridgehead atoms. The normalized spacial score (nSPS) is 19.5. The number of hydrogen-bond donors (Lipinski definition) is 1. The fourth-order valence-corrected chi connectivity index (χ4v) is 3.63. The monoisotopic (exact) mass is 333 g/mol. The molecule has 3 rings (SSSR count). The van der Waals surface area contributed by atoms with Gasteiger partial charge in [0.15, 0.2) is 0 Å². The van der Waals surface area contributed by atoms with Crippen molar-refractivity contribution in [3.8, 4) is 0 Å². The van der Waals surface area contributed by atoms with Crippen LogP contribution in [0.15, 0.2) is 12.1 Å². The lowest BCUT2D eigenvalue weighted by Crippen LogP contribution is -2.40. The standard InChI is InChI=1S/C18H24FN3O2/c1-12-7-8-14(19)13-6-4-9-21(15(12)13)10-5-11-22-16(23)18(2,3)20-17(22)24/h7-8H,4-6,9-11H2,1-3H3,(H,20,24). The zero-order chi connectivity index (χ0) is 17.5. The van der Waals surface area contributed by atoms with Gasteiger partial charge in [0, 0.05) is 30.9 Å². The van der Waals surface area contributed by atoms with Crippen molar-refractivity contribution in [2.45, 2.75) is 45.6 Å². The zero-order valence-corrected chi connectivity index (χ0v) is 14.5. The number of benzene rings is 1. The van der Waals surface area contributed by atoms with E-state index in [9.17, 15) is 14.0 Å². The summed E-state index contributed by atoms with van der Waals surface area (Å²) < 4.78 is 14.0. The van der Waals surface area contributed by atoms with Gasteiger partial charge in [-0.15, -0.1) is 0 Å². The van der Waals surface area contributed by atoms with Crippen LogP contribution in [-0.4, -0.2) is 42.0 Å². The van der Waals surface area contributed by atoms with Gasteiger partial charge in [0.2, 0.25) is 0 Å². The van der Waals surface area contributed by atoms with Gasteiger partial charge in [-0.1, -0.05) is 6.07 Å². The third kappa shape index (κ3) is 2.85. The average molecular weight is 333 g/mol. The Hall–Kier alpha value is -2.11. The number of rotatable bonds is 4. The second kappa shape index (κ2) is 6.07. The van der Waals surface area contributed by atoms with Gasteiger partial charge in [-0.2, -0.15) is 0 Å². The van der Waals surface area contributed by atoms with E-state index in [2.05, 4.69) is 10.2 Å². The predicted molar refractivity (Wildman–Crippen MR) is 90.6 cm³/mol. The van der Waals surface area contributed by atoms with Crippen LogP contribution < -0.4 is 10.2 Å². The molecule has 6 heteroatoms. The van der Waals surface area contributed by atoms with E-state index in [0.29, 0.717) is 19.5 Å². The van der Waals surface area contributed by atoms with Crippen molar-refractivity contribution in [2.75, 3.05) is 24.5 Å². The lowest BCUT2D eigenvalue weighted by atomic mass is 9.97. The molecule has 0 aromatic heterocycles. The maximum Gasteiger partial charge on any atom is 0.325 e. The number of imide groups is 1. The molecule has 0 aliphatic carbocycles. The van der Waals surface area contributed by atoms with Gasteiger partial charge < -0.3 is 10.2 Å². The second-order valence-electron chi connectivity index (χ2n) is 7.15. The molecular formula is C18H24FN3O2. The number of nitrogens with zero attached hydrogens (tertiary/aromatic N) is 2. The highest BCUT2D eigenvalue weighted by Crippen LogP contribution is 2.32. The van der Waals surface area contributed by atoms with Crippen LogP contribution in [-0.2, 0) is 11.2 Å². The van der Waals surface area contributed by atoms with Crippen molar-refractivity contribution in [3.63, 3.8) is 0 Å². The third-order valence-electron chi connectivity index (χ3n) is 4.85. The summed E-state index contributed by atoms with van der Waals surface area (Å²) in [4.78, 5) is 27.6. The third-order valence-corrected chi connectivity index (χ3v) is 4.85. The van der Waals surface area contributed by atoms with Crippen LogP contribution in [0.3, 0.4) is 0 Å². The number of hydrogen-bond acceptors (Lipinski definition) is 3. The summed E-state index contributed by atoms with van der Waals surface area (Å²) in [5, 5.41) is 2.69. The molecule has 1 N–H and O–H groups in total. The number of carbonyl (C=O) groups excluding carboxylic acids is 2. The molecule has 1 fully saturated rings. The Morgan fingerprint density at radius 2 is 2.00 bits per heavy atom. The van der Waals surface area contributed by atoms with E-state index < -0.39 is 5.54 Å². The van der Waals surface area contributed by atoms with Crippen molar-refractivity contribution in [1.82, 2.24) is 10.2 Å². The minimum absolute atomic E-state index is 0.142. The first-order chi connectivity index (χ1) is 11.3. The van der Waals surface area contributed by atoms with Crippen LogP contribution in [0.2, 0.25) is 0 Å². The van der Waals surface area contributed by atoms with Gasteiger partial charge in [0.25, 0.3) is 5.91 Å². The zero-order valence-electron chi connectivity index (χ0n) is 14.5. The Kier molecular flexibility index (Phi) is 4.24. The smallest absolute Gasteiger partial charge is 0.325 e. The predicted octanol–water partition coefficient (Wildman–Crippen LogP) is 2.61. The summed E-state index contributed by atoms with van der Waals surface area (Å²) in [6.45, 7) is 7.38. The molecule has 5 nitrogen and oxygen atoms in total. The summed E-state index contributed by atoms with van der Waals surface area (Å²) in [7, 11) is 0. The minimum Gasteiger partial charge on any atom is -0.371 e. The number of anilines is 1. The molecule has 0 saturated carbocycles. The highest BCUT2D eigenvalue weighted by molar-refractivity contribution is 6.06. The van der Waals surface area contributed by atoms with E-state index >= 15 is 0 Å². The SMILES string of the molecule is Cc1ccc(F)c2c1N(CCCN1C(=O)NC(C)(C)C1=O)CCC2. The maximum absolute atomic E-state index is 14.0. The van der Waals surface area contributed by atoms with Gasteiger partial charge in [-0.25, -0.2) is 9.18 Å². The molecule has 1 aromatic carbocycles. The van der Waals surface area contributed by atoms with E-state index in [1.165, 1.54) is 11.0 Å². The van der Waals surface area contributed by atoms with Crippen LogP contribution in [0.1, 0.15) is 37.8 Å². The molecule has 24 heavy (non-hydrogen) atoms. The van der Waals surface area contributed by atoms with Crippen LogP contribution in [0.5, 0.6) is 0 Å². The van der Waals surface area contributed by atoms with Crippen molar-refractivity contribution in [2.24, 2.45) is 0 Å². The van der Waals surface area contributed by atoms with Crippen LogP contribution >= 0.6 is 0 Å². The molecule has 1 aromatic rings. The first-order valence-corrected chi connectivity index (χ1v) is 8.48. The molecule has 0 spiro atoms. The van der Waals surface area contributed by atoms with Crippen LogP contribution in [0, 0.1) is 12.7 Å². The maximum atomic E-state index is 14.0. The summed E-state index contributed by atoms with van der Waals surface area (Å²) in [5.74, 6) is -0.329. The van der Waals surface area contributed by atoms with Gasteiger partial charge in [-0.05, 0) is 51.7 Å². The molecule has 2 aliphatic heterocycles. The lowest BCUT2D eigenvalue weighted by Gasteiger charge is -2.33. The molecule has 3 amide bonds. The topological polar surface area (TPSA) is 52.6 Å². The Labute approximate surface area is 141 Å². The van der Waals surface area contributed by atoms with E-state index in [-0.39, 0.29) is 17.8 Å². The van der Waals surface area contributed by atoms with Crippen molar-refractivity contribution in [1.29, 1.82) is 0 Å². The fraction of sp³-hybridized carbons (Fsp3) is 0.556. The van der Waals surface area contributed by atoms with E-state index in [0.717, 1.165) is 36.2 Å². The number of urea groups is 1. The van der Waals surface area contributed by atoms with Crippen LogP contribution in [0.4, 0.5) is 14.9 Å². The number of aryl methyl sites for hydroxylation is 1. The highest BCUT2D eigenvalue weighted by Gasteiger charge is 2.43. The number of nitrogens with one attached hydrogen (secondary N) is 1. The number of fused-ring (bicyclic) bond motifs is 1. The summed E-state index contributed by atoms with van der Waals surface area (Å²) >= 11 is 0. The fourth-order valence-electron chi connectivity index (χ4n) is 3.63.